The summed E-state index contributed by atoms with van der Waals surface area (Å²) in [7, 11) is 0. The fourth-order valence-corrected chi connectivity index (χ4v) is 1.34. The molecule has 0 aliphatic carbocycles. The Morgan fingerprint density at radius 2 is 1.93 bits per heavy atom. The SMILES string of the molecule is CCC(C)CCCOCOCCSC. The van der Waals surface area contributed by atoms with Crippen molar-refractivity contribution in [2.75, 3.05) is 32.0 Å². The van der Waals surface area contributed by atoms with Gasteiger partial charge < -0.3 is 9.47 Å². The van der Waals surface area contributed by atoms with Crippen LogP contribution in [0.15, 0.2) is 0 Å². The first kappa shape index (κ1) is 14.3. The molecule has 0 aromatic carbocycles. The van der Waals surface area contributed by atoms with Crippen LogP contribution in [0.2, 0.25) is 0 Å². The van der Waals surface area contributed by atoms with E-state index in [1.807, 2.05) is 0 Å². The number of ether oxygens (including phenoxy) is 2. The van der Waals surface area contributed by atoms with Crippen LogP contribution in [-0.2, 0) is 9.47 Å². The van der Waals surface area contributed by atoms with Gasteiger partial charge in [-0.1, -0.05) is 20.3 Å². The van der Waals surface area contributed by atoms with Crippen LogP contribution in [0, 0.1) is 5.92 Å². The zero-order valence-electron chi connectivity index (χ0n) is 9.75. The van der Waals surface area contributed by atoms with Crippen LogP contribution in [-0.4, -0.2) is 32.0 Å². The highest BCUT2D eigenvalue weighted by atomic mass is 32.2. The molecule has 2 nitrogen and oxygen atoms in total. The number of rotatable bonds is 10. The van der Waals surface area contributed by atoms with Crippen molar-refractivity contribution in [3.63, 3.8) is 0 Å². The lowest BCUT2D eigenvalue weighted by molar-refractivity contribution is -0.0497. The van der Waals surface area contributed by atoms with Crippen LogP contribution >= 0.6 is 11.8 Å². The summed E-state index contributed by atoms with van der Waals surface area (Å²) < 4.78 is 10.6. The lowest BCUT2D eigenvalue weighted by Crippen LogP contribution is -2.05. The monoisotopic (exact) mass is 220 g/mol. The molecular weight excluding hydrogens is 196 g/mol. The Morgan fingerprint density at radius 1 is 1.21 bits per heavy atom. The molecule has 0 N–H and O–H groups in total. The van der Waals surface area contributed by atoms with E-state index in [1.165, 1.54) is 12.8 Å². The Morgan fingerprint density at radius 3 is 2.57 bits per heavy atom. The van der Waals surface area contributed by atoms with E-state index in [0.29, 0.717) is 6.79 Å². The third-order valence-corrected chi connectivity index (χ3v) is 2.86. The molecule has 0 aromatic rings. The summed E-state index contributed by atoms with van der Waals surface area (Å²) in [5.74, 6) is 1.88. The van der Waals surface area contributed by atoms with E-state index in [1.54, 1.807) is 11.8 Å². The Kier molecular flexibility index (Phi) is 11.6. The molecule has 0 aliphatic heterocycles. The topological polar surface area (TPSA) is 18.5 Å². The minimum atomic E-state index is 0.459. The molecule has 0 amide bonds. The lowest BCUT2D eigenvalue weighted by Gasteiger charge is -2.08. The molecule has 1 unspecified atom stereocenters. The maximum atomic E-state index is 5.34. The van der Waals surface area contributed by atoms with Crippen molar-refractivity contribution in [1.82, 2.24) is 0 Å². The highest BCUT2D eigenvalue weighted by molar-refractivity contribution is 7.98. The maximum absolute atomic E-state index is 5.34. The van der Waals surface area contributed by atoms with Crippen LogP contribution in [0.5, 0.6) is 0 Å². The van der Waals surface area contributed by atoms with Gasteiger partial charge in [-0.25, -0.2) is 0 Å². The summed E-state index contributed by atoms with van der Waals surface area (Å²) in [6.07, 6.45) is 5.77. The Bertz CT molecular complexity index is 109. The van der Waals surface area contributed by atoms with E-state index in [4.69, 9.17) is 9.47 Å². The van der Waals surface area contributed by atoms with Gasteiger partial charge in [0.15, 0.2) is 0 Å². The fourth-order valence-electron chi connectivity index (χ4n) is 1.06. The van der Waals surface area contributed by atoms with Crippen LogP contribution in [0.1, 0.15) is 33.1 Å². The lowest BCUT2D eigenvalue weighted by atomic mass is 10.0. The first-order chi connectivity index (χ1) is 6.81. The van der Waals surface area contributed by atoms with Crippen molar-refractivity contribution in [2.24, 2.45) is 5.92 Å². The molecule has 0 saturated carbocycles. The maximum Gasteiger partial charge on any atom is 0.146 e. The van der Waals surface area contributed by atoms with E-state index in [0.717, 1.165) is 31.3 Å². The van der Waals surface area contributed by atoms with Gasteiger partial charge in [-0.2, -0.15) is 11.8 Å². The second kappa shape index (κ2) is 11.3. The van der Waals surface area contributed by atoms with Crippen molar-refractivity contribution in [2.45, 2.75) is 33.1 Å². The Labute approximate surface area is 92.7 Å². The second-order valence-electron chi connectivity index (χ2n) is 3.58. The third kappa shape index (κ3) is 10.4. The van der Waals surface area contributed by atoms with E-state index in [2.05, 4.69) is 20.1 Å². The normalized spacial score (nSPS) is 13.1. The van der Waals surface area contributed by atoms with Crippen LogP contribution in [0.3, 0.4) is 0 Å². The van der Waals surface area contributed by atoms with Gasteiger partial charge in [0, 0.05) is 12.4 Å². The van der Waals surface area contributed by atoms with Crippen molar-refractivity contribution >= 4 is 11.8 Å². The zero-order chi connectivity index (χ0) is 10.6. The molecular formula is C11H24O2S. The van der Waals surface area contributed by atoms with Crippen molar-refractivity contribution in [3.8, 4) is 0 Å². The second-order valence-corrected chi connectivity index (χ2v) is 4.57. The van der Waals surface area contributed by atoms with Gasteiger partial charge in [0.05, 0.1) is 6.61 Å². The van der Waals surface area contributed by atoms with Crippen LogP contribution < -0.4 is 0 Å². The molecule has 0 rings (SSSR count). The molecule has 86 valence electrons. The predicted octanol–water partition coefficient (Wildman–Crippen LogP) is 3.17. The molecule has 0 aliphatic rings. The molecule has 1 atom stereocenters. The third-order valence-electron chi connectivity index (χ3n) is 2.28. The molecule has 0 fully saturated rings. The predicted molar refractivity (Wildman–Crippen MR) is 63.8 cm³/mol. The van der Waals surface area contributed by atoms with Gasteiger partial charge >= 0.3 is 0 Å². The summed E-state index contributed by atoms with van der Waals surface area (Å²) in [4.78, 5) is 0. The summed E-state index contributed by atoms with van der Waals surface area (Å²) >= 11 is 1.80. The first-order valence-electron chi connectivity index (χ1n) is 5.45. The molecule has 0 spiro atoms. The van der Waals surface area contributed by atoms with E-state index in [9.17, 15) is 0 Å². The minimum Gasteiger partial charge on any atom is -0.355 e. The molecule has 0 radical (unpaired) electrons. The van der Waals surface area contributed by atoms with Crippen molar-refractivity contribution < 1.29 is 9.47 Å². The van der Waals surface area contributed by atoms with Gasteiger partial charge in [0.2, 0.25) is 0 Å². The summed E-state index contributed by atoms with van der Waals surface area (Å²) in [6.45, 7) is 6.61. The zero-order valence-corrected chi connectivity index (χ0v) is 10.6. The van der Waals surface area contributed by atoms with Crippen LogP contribution in [0.25, 0.3) is 0 Å². The Hall–Kier alpha value is 0.270. The molecule has 0 saturated heterocycles. The van der Waals surface area contributed by atoms with Gasteiger partial charge in [-0.15, -0.1) is 0 Å². The number of hydrogen-bond donors (Lipinski definition) is 0. The molecule has 0 heterocycles. The van der Waals surface area contributed by atoms with E-state index >= 15 is 0 Å². The van der Waals surface area contributed by atoms with Gasteiger partial charge in [0.25, 0.3) is 0 Å². The average Bonchev–Trinajstić information content (AvgIpc) is 2.21. The summed E-state index contributed by atoms with van der Waals surface area (Å²) in [5.41, 5.74) is 0. The molecule has 0 bridgehead atoms. The molecule has 14 heavy (non-hydrogen) atoms. The number of thioether (sulfide) groups is 1. The molecule has 3 heteroatoms. The average molecular weight is 220 g/mol. The number of hydrogen-bond acceptors (Lipinski definition) is 3. The fraction of sp³-hybridized carbons (Fsp3) is 1.00. The van der Waals surface area contributed by atoms with E-state index < -0.39 is 0 Å². The van der Waals surface area contributed by atoms with Gasteiger partial charge in [-0.3, -0.25) is 0 Å². The minimum absolute atomic E-state index is 0.459. The summed E-state index contributed by atoms with van der Waals surface area (Å²) in [5, 5.41) is 0. The van der Waals surface area contributed by atoms with E-state index in [-0.39, 0.29) is 0 Å². The highest BCUT2D eigenvalue weighted by Crippen LogP contribution is 2.08. The van der Waals surface area contributed by atoms with Gasteiger partial charge in [0.1, 0.15) is 6.79 Å². The Balaban J connectivity index is 2.92. The highest BCUT2D eigenvalue weighted by Gasteiger charge is 1.97. The quantitative estimate of drug-likeness (QED) is 0.416. The standard InChI is InChI=1S/C11H24O2S/c1-4-11(2)6-5-7-12-10-13-8-9-14-3/h11H,4-10H2,1-3H3. The first-order valence-corrected chi connectivity index (χ1v) is 6.85. The van der Waals surface area contributed by atoms with Crippen LogP contribution in [0.4, 0.5) is 0 Å². The van der Waals surface area contributed by atoms with Crippen molar-refractivity contribution in [1.29, 1.82) is 0 Å². The smallest absolute Gasteiger partial charge is 0.146 e. The molecule has 0 aromatic heterocycles. The summed E-state index contributed by atoms with van der Waals surface area (Å²) in [6, 6.07) is 0. The largest absolute Gasteiger partial charge is 0.355 e. The van der Waals surface area contributed by atoms with Gasteiger partial charge in [-0.05, 0) is 25.0 Å². The van der Waals surface area contributed by atoms with Crippen molar-refractivity contribution in [3.05, 3.63) is 0 Å².